The van der Waals surface area contributed by atoms with Gasteiger partial charge < -0.3 is 0 Å². The van der Waals surface area contributed by atoms with Gasteiger partial charge in [-0.2, -0.15) is 5.21 Å². The van der Waals surface area contributed by atoms with Gasteiger partial charge in [0.05, 0.1) is 5.41 Å². The number of Topliss-reactive ketones (excluding diaryl/α,β-unsaturated/α-hetero) is 1. The maximum absolute atomic E-state index is 14.0. The van der Waals surface area contributed by atoms with Crippen molar-refractivity contribution in [1.29, 1.82) is 0 Å². The molecule has 1 N–H and O–H groups in total. The van der Waals surface area contributed by atoms with E-state index >= 15 is 0 Å². The first-order chi connectivity index (χ1) is 22.3. The molecule has 0 spiro atoms. The lowest BCUT2D eigenvalue weighted by Crippen LogP contribution is -2.33. The Kier molecular flexibility index (Phi) is 7.65. The summed E-state index contributed by atoms with van der Waals surface area (Å²) < 4.78 is 0. The molecule has 0 saturated heterocycles. The maximum atomic E-state index is 14.0. The van der Waals surface area contributed by atoms with Crippen LogP contribution in [0.3, 0.4) is 0 Å². The van der Waals surface area contributed by atoms with Gasteiger partial charge in [0.15, 0.2) is 5.78 Å². The van der Waals surface area contributed by atoms with Gasteiger partial charge in [-0.3, -0.25) is 4.79 Å². The molecule has 216 valence electrons. The molecule has 45 heavy (non-hydrogen) atoms. The van der Waals surface area contributed by atoms with Crippen molar-refractivity contribution in [3.05, 3.63) is 197 Å². The molecule has 0 atom stereocenters. The summed E-state index contributed by atoms with van der Waals surface area (Å²) in [5.41, 5.74) is 7.63. The van der Waals surface area contributed by atoms with Crippen molar-refractivity contribution in [2.75, 3.05) is 0 Å². The standard InChI is InChI=1S/C40H30N4O/c45-36(30-18-8-2-9-19-30)28-31-26-27-35(29-16-6-1-7-17-29)37(39-41-43-44-42-39)38(31)40(32-20-10-3-11-21-32,33-22-12-4-13-23-33)34-24-14-5-15-25-34/h1-27H,28H2,(H,41,42,43,44). The van der Waals surface area contributed by atoms with E-state index in [-0.39, 0.29) is 12.2 Å². The number of hydrogen-bond donors (Lipinski definition) is 1. The van der Waals surface area contributed by atoms with E-state index in [0.29, 0.717) is 11.4 Å². The predicted molar refractivity (Wildman–Crippen MR) is 178 cm³/mol. The van der Waals surface area contributed by atoms with Crippen LogP contribution in [0.15, 0.2) is 164 Å². The summed E-state index contributed by atoms with van der Waals surface area (Å²) in [6.07, 6.45) is 0.188. The topological polar surface area (TPSA) is 71.5 Å². The number of ketones is 1. The monoisotopic (exact) mass is 582 g/mol. The number of tetrazole rings is 1. The average Bonchev–Trinajstić information content (AvgIpc) is 3.66. The number of rotatable bonds is 9. The molecule has 7 rings (SSSR count). The minimum absolute atomic E-state index is 0.0338. The number of H-pyrrole nitrogens is 1. The van der Waals surface area contributed by atoms with Crippen molar-refractivity contribution in [1.82, 2.24) is 20.6 Å². The third-order valence-electron chi connectivity index (χ3n) is 8.39. The molecule has 5 heteroatoms. The van der Waals surface area contributed by atoms with Gasteiger partial charge in [0.1, 0.15) is 0 Å². The van der Waals surface area contributed by atoms with Crippen molar-refractivity contribution in [3.63, 3.8) is 0 Å². The lowest BCUT2D eigenvalue weighted by molar-refractivity contribution is 0.0992. The van der Waals surface area contributed by atoms with E-state index in [0.717, 1.165) is 44.5 Å². The predicted octanol–water partition coefficient (Wildman–Crippen LogP) is 8.34. The Morgan fingerprint density at radius 2 is 1.07 bits per heavy atom. The van der Waals surface area contributed by atoms with Crippen LogP contribution < -0.4 is 0 Å². The van der Waals surface area contributed by atoms with Crippen LogP contribution in [0.4, 0.5) is 0 Å². The highest BCUT2D eigenvalue weighted by atomic mass is 16.1. The van der Waals surface area contributed by atoms with Crippen LogP contribution >= 0.6 is 0 Å². The molecular formula is C40H30N4O. The largest absolute Gasteiger partial charge is 0.294 e. The fraction of sp³-hybridized carbons (Fsp3) is 0.0500. The Morgan fingerprint density at radius 3 is 1.56 bits per heavy atom. The van der Waals surface area contributed by atoms with Crippen molar-refractivity contribution < 1.29 is 4.79 Å². The highest BCUT2D eigenvalue weighted by Gasteiger charge is 2.43. The number of hydrogen-bond acceptors (Lipinski definition) is 4. The first-order valence-corrected chi connectivity index (χ1v) is 15.0. The van der Waals surface area contributed by atoms with E-state index < -0.39 is 5.41 Å². The molecule has 0 aliphatic carbocycles. The number of aromatic amines is 1. The van der Waals surface area contributed by atoms with Crippen molar-refractivity contribution in [2.24, 2.45) is 0 Å². The normalized spacial score (nSPS) is 11.3. The zero-order valence-corrected chi connectivity index (χ0v) is 24.5. The zero-order valence-electron chi connectivity index (χ0n) is 24.5. The molecule has 0 aliphatic rings. The molecule has 5 nitrogen and oxygen atoms in total. The molecule has 0 amide bonds. The summed E-state index contributed by atoms with van der Waals surface area (Å²) in [4.78, 5) is 14.0. The summed E-state index contributed by atoms with van der Waals surface area (Å²) in [6.45, 7) is 0. The van der Waals surface area contributed by atoms with Crippen LogP contribution in [-0.2, 0) is 11.8 Å². The first-order valence-electron chi connectivity index (χ1n) is 15.0. The van der Waals surface area contributed by atoms with E-state index in [1.165, 1.54) is 0 Å². The summed E-state index contributed by atoms with van der Waals surface area (Å²) in [5.74, 6) is 0.497. The van der Waals surface area contributed by atoms with Crippen LogP contribution in [0.1, 0.15) is 38.2 Å². The fourth-order valence-electron chi connectivity index (χ4n) is 6.48. The molecule has 0 unspecified atom stereocenters. The SMILES string of the molecule is O=C(Cc1ccc(-c2ccccc2)c(-c2nn[nH]n2)c1C(c1ccccc1)(c1ccccc1)c1ccccc1)c1ccccc1. The van der Waals surface area contributed by atoms with E-state index in [9.17, 15) is 4.79 Å². The summed E-state index contributed by atoms with van der Waals surface area (Å²) in [6, 6.07) is 55.4. The third-order valence-corrected chi connectivity index (χ3v) is 8.39. The summed E-state index contributed by atoms with van der Waals surface area (Å²) in [5, 5.41) is 15.9. The number of aromatic nitrogens is 4. The Hall–Kier alpha value is -5.94. The maximum Gasteiger partial charge on any atom is 0.205 e. The molecule has 0 fully saturated rings. The Morgan fingerprint density at radius 1 is 0.578 bits per heavy atom. The van der Waals surface area contributed by atoms with Gasteiger partial charge in [0, 0.05) is 17.5 Å². The van der Waals surface area contributed by atoms with Crippen molar-refractivity contribution >= 4 is 5.78 Å². The van der Waals surface area contributed by atoms with Crippen LogP contribution in [0.2, 0.25) is 0 Å². The van der Waals surface area contributed by atoms with Crippen LogP contribution in [0.25, 0.3) is 22.5 Å². The summed E-state index contributed by atoms with van der Waals surface area (Å²) >= 11 is 0. The lowest BCUT2D eigenvalue weighted by Gasteiger charge is -2.40. The van der Waals surface area contributed by atoms with Gasteiger partial charge >= 0.3 is 0 Å². The van der Waals surface area contributed by atoms with Crippen molar-refractivity contribution in [3.8, 4) is 22.5 Å². The van der Waals surface area contributed by atoms with E-state index in [4.69, 9.17) is 0 Å². The van der Waals surface area contributed by atoms with E-state index in [1.54, 1.807) is 0 Å². The highest BCUT2D eigenvalue weighted by Crippen LogP contribution is 2.51. The Balaban J connectivity index is 1.67. The molecule has 0 saturated carbocycles. The van der Waals surface area contributed by atoms with Crippen LogP contribution in [0, 0.1) is 0 Å². The second-order valence-electron chi connectivity index (χ2n) is 10.9. The Labute approximate surface area is 262 Å². The second-order valence-corrected chi connectivity index (χ2v) is 10.9. The molecule has 7 aromatic rings. The van der Waals surface area contributed by atoms with Gasteiger partial charge in [0.2, 0.25) is 5.82 Å². The van der Waals surface area contributed by atoms with E-state index in [1.807, 2.05) is 66.7 Å². The molecule has 0 radical (unpaired) electrons. The number of carbonyl (C=O) groups excluding carboxylic acids is 1. The molecule has 0 aliphatic heterocycles. The van der Waals surface area contributed by atoms with Crippen molar-refractivity contribution in [2.45, 2.75) is 11.8 Å². The molecule has 6 aromatic carbocycles. The number of benzene rings is 6. The summed E-state index contributed by atoms with van der Waals surface area (Å²) in [7, 11) is 0. The Bertz CT molecular complexity index is 1910. The minimum Gasteiger partial charge on any atom is -0.294 e. The fourth-order valence-corrected chi connectivity index (χ4v) is 6.48. The number of nitrogens with zero attached hydrogens (tertiary/aromatic N) is 3. The highest BCUT2D eigenvalue weighted by molar-refractivity contribution is 5.99. The third kappa shape index (κ3) is 5.15. The van der Waals surface area contributed by atoms with Crippen LogP contribution in [-0.4, -0.2) is 26.4 Å². The quantitative estimate of drug-likeness (QED) is 0.137. The molecular weight excluding hydrogens is 552 g/mol. The van der Waals surface area contributed by atoms with Gasteiger partial charge in [-0.15, -0.1) is 10.2 Å². The number of nitrogens with one attached hydrogen (secondary N) is 1. The number of carbonyl (C=O) groups is 1. The molecule has 1 heterocycles. The van der Waals surface area contributed by atoms with Gasteiger partial charge in [-0.05, 0) is 44.2 Å². The first kappa shape index (κ1) is 27.9. The van der Waals surface area contributed by atoms with Crippen LogP contribution in [0.5, 0.6) is 0 Å². The average molecular weight is 583 g/mol. The smallest absolute Gasteiger partial charge is 0.205 e. The van der Waals surface area contributed by atoms with Gasteiger partial charge in [0.25, 0.3) is 0 Å². The minimum atomic E-state index is -0.850. The lowest BCUT2D eigenvalue weighted by atomic mass is 9.61. The molecule has 0 bridgehead atoms. The second kappa shape index (κ2) is 12.3. The van der Waals surface area contributed by atoms with E-state index in [2.05, 4.69) is 118 Å². The van der Waals surface area contributed by atoms with Gasteiger partial charge in [-0.1, -0.05) is 164 Å². The molecule has 1 aromatic heterocycles. The zero-order chi connectivity index (χ0) is 30.5. The van der Waals surface area contributed by atoms with Gasteiger partial charge in [-0.25, -0.2) is 0 Å².